The number of furan rings is 1. The molecular formula is C22H17OPS. The Labute approximate surface area is 152 Å². The molecule has 0 saturated heterocycles. The van der Waals surface area contributed by atoms with Crippen LogP contribution in [0.2, 0.25) is 0 Å². The first-order chi connectivity index (χ1) is 12.3. The van der Waals surface area contributed by atoms with Gasteiger partial charge in [0.15, 0.2) is 0 Å². The molecule has 0 aliphatic heterocycles. The Morgan fingerprint density at radius 1 is 0.720 bits per heavy atom. The molecule has 0 atom stereocenters. The Kier molecular flexibility index (Phi) is 4.40. The van der Waals surface area contributed by atoms with Crippen LogP contribution < -0.4 is 10.6 Å². The first-order valence-corrected chi connectivity index (χ1v) is 11.0. The molecule has 1 aromatic heterocycles. The van der Waals surface area contributed by atoms with E-state index in [1.54, 1.807) is 0 Å². The van der Waals surface area contributed by atoms with E-state index in [0.717, 1.165) is 16.7 Å². The lowest BCUT2D eigenvalue weighted by Crippen LogP contribution is -2.13. The van der Waals surface area contributed by atoms with Crippen LogP contribution >= 0.6 is 6.04 Å². The first kappa shape index (κ1) is 16.1. The molecule has 4 rings (SSSR count). The van der Waals surface area contributed by atoms with E-state index in [-0.39, 0.29) is 0 Å². The van der Waals surface area contributed by atoms with Crippen LogP contribution in [0.15, 0.2) is 101 Å². The van der Waals surface area contributed by atoms with Crippen LogP contribution in [0.3, 0.4) is 0 Å². The maximum Gasteiger partial charge on any atom is 0.134 e. The molecule has 0 aliphatic carbocycles. The molecule has 25 heavy (non-hydrogen) atoms. The van der Waals surface area contributed by atoms with Crippen molar-refractivity contribution in [1.82, 2.24) is 0 Å². The average Bonchev–Trinajstić information content (AvgIpc) is 3.10. The van der Waals surface area contributed by atoms with E-state index in [1.807, 2.05) is 60.7 Å². The van der Waals surface area contributed by atoms with E-state index < -0.39 is 6.04 Å². The zero-order chi connectivity index (χ0) is 17.1. The van der Waals surface area contributed by atoms with Gasteiger partial charge >= 0.3 is 0 Å². The highest BCUT2D eigenvalue weighted by molar-refractivity contribution is 8.23. The molecule has 0 saturated carbocycles. The highest BCUT2D eigenvalue weighted by Gasteiger charge is 2.18. The van der Waals surface area contributed by atoms with Crippen LogP contribution in [0.1, 0.15) is 5.76 Å². The number of para-hydroxylation sites is 1. The van der Waals surface area contributed by atoms with Gasteiger partial charge in [-0.25, -0.2) is 0 Å². The minimum Gasteiger partial charge on any atom is -0.457 e. The Balaban J connectivity index is 1.80. The van der Waals surface area contributed by atoms with Gasteiger partial charge < -0.3 is 4.42 Å². The second-order valence-electron chi connectivity index (χ2n) is 5.83. The predicted molar refractivity (Wildman–Crippen MR) is 112 cm³/mol. The number of hydrogen-bond acceptors (Lipinski definition) is 2. The molecule has 0 bridgehead atoms. The van der Waals surface area contributed by atoms with Gasteiger partial charge in [-0.05, 0) is 34.6 Å². The van der Waals surface area contributed by atoms with Crippen LogP contribution in [0.4, 0.5) is 0 Å². The van der Waals surface area contributed by atoms with Gasteiger partial charge in [-0.15, -0.1) is 0 Å². The summed E-state index contributed by atoms with van der Waals surface area (Å²) in [4.78, 5) is 0. The summed E-state index contributed by atoms with van der Waals surface area (Å²) in [5, 5.41) is 3.47. The molecule has 4 aromatic rings. The summed E-state index contributed by atoms with van der Waals surface area (Å²) in [6, 6.07) is 28.8. The molecule has 0 radical (unpaired) electrons. The van der Waals surface area contributed by atoms with Gasteiger partial charge in [-0.2, -0.15) is 0 Å². The molecule has 0 spiro atoms. The molecule has 3 heteroatoms. The van der Waals surface area contributed by atoms with Gasteiger partial charge in [0.2, 0.25) is 0 Å². The van der Waals surface area contributed by atoms with Crippen molar-refractivity contribution in [1.29, 1.82) is 0 Å². The third-order valence-electron chi connectivity index (χ3n) is 4.17. The van der Waals surface area contributed by atoms with Crippen LogP contribution in [0.5, 0.6) is 0 Å². The summed E-state index contributed by atoms with van der Waals surface area (Å²) in [5.74, 6) is 2.99. The van der Waals surface area contributed by atoms with Crippen molar-refractivity contribution in [2.45, 2.75) is 0 Å². The van der Waals surface area contributed by atoms with Gasteiger partial charge in [-0.3, -0.25) is 0 Å². The molecule has 0 amide bonds. The molecule has 3 aromatic carbocycles. The van der Waals surface area contributed by atoms with Gasteiger partial charge in [0.1, 0.15) is 11.3 Å². The van der Waals surface area contributed by atoms with E-state index in [0.29, 0.717) is 0 Å². The van der Waals surface area contributed by atoms with E-state index in [9.17, 15) is 0 Å². The zero-order valence-electron chi connectivity index (χ0n) is 13.6. The fourth-order valence-electron chi connectivity index (χ4n) is 2.88. The zero-order valence-corrected chi connectivity index (χ0v) is 15.3. The topological polar surface area (TPSA) is 13.1 Å². The third kappa shape index (κ3) is 3.24. The smallest absolute Gasteiger partial charge is 0.134 e. The Morgan fingerprint density at radius 2 is 1.28 bits per heavy atom. The maximum absolute atomic E-state index is 6.20. The summed E-state index contributed by atoms with van der Waals surface area (Å²) in [5.41, 5.74) is 0.898. The normalized spacial score (nSPS) is 12.0. The molecular weight excluding hydrogens is 343 g/mol. The molecule has 0 fully saturated rings. The van der Waals surface area contributed by atoms with Crippen molar-refractivity contribution in [3.8, 4) is 0 Å². The number of benzene rings is 3. The number of fused-ring (bicyclic) bond motifs is 1. The highest BCUT2D eigenvalue weighted by atomic mass is 32.4. The monoisotopic (exact) mass is 360 g/mol. The first-order valence-electron chi connectivity index (χ1n) is 8.14. The van der Waals surface area contributed by atoms with Crippen molar-refractivity contribution >= 4 is 45.5 Å². The highest BCUT2D eigenvalue weighted by Crippen LogP contribution is 2.46. The van der Waals surface area contributed by atoms with E-state index >= 15 is 0 Å². The van der Waals surface area contributed by atoms with Crippen LogP contribution in [0.25, 0.3) is 17.0 Å². The van der Waals surface area contributed by atoms with Crippen LogP contribution in [0, 0.1) is 0 Å². The Morgan fingerprint density at radius 3 is 1.88 bits per heavy atom. The van der Waals surface area contributed by atoms with Gasteiger partial charge in [0.05, 0.1) is 0 Å². The Bertz CT molecular complexity index is 988. The minimum absolute atomic E-state index is 0.835. The summed E-state index contributed by atoms with van der Waals surface area (Å²) >= 11 is 6.20. The summed E-state index contributed by atoms with van der Waals surface area (Å²) in [7, 11) is 0. The van der Waals surface area contributed by atoms with Crippen molar-refractivity contribution in [3.63, 3.8) is 0 Å². The van der Waals surface area contributed by atoms with Crippen molar-refractivity contribution in [3.05, 3.63) is 103 Å². The number of hydrogen-bond donors (Lipinski definition) is 0. The molecule has 0 aliphatic rings. The standard InChI is InChI=1S/C22H17OPS/c25-24(20-10-3-1-4-11-20,21-12-5-2-6-13-21)16-15-19-17-18-9-7-8-14-22(18)23-19/h1-17H/b16-15+. The lowest BCUT2D eigenvalue weighted by Gasteiger charge is -2.19. The van der Waals surface area contributed by atoms with Crippen LogP contribution in [-0.4, -0.2) is 0 Å². The van der Waals surface area contributed by atoms with Crippen LogP contribution in [-0.2, 0) is 11.8 Å². The summed E-state index contributed by atoms with van der Waals surface area (Å²) in [6.45, 7) is 0. The fraction of sp³-hybridized carbons (Fsp3) is 0. The van der Waals surface area contributed by atoms with Gasteiger partial charge in [-0.1, -0.05) is 90.7 Å². The van der Waals surface area contributed by atoms with Crippen molar-refractivity contribution in [2.24, 2.45) is 0 Å². The lowest BCUT2D eigenvalue weighted by atomic mass is 10.2. The largest absolute Gasteiger partial charge is 0.457 e. The van der Waals surface area contributed by atoms with Crippen molar-refractivity contribution in [2.75, 3.05) is 0 Å². The van der Waals surface area contributed by atoms with E-state index in [4.69, 9.17) is 16.2 Å². The third-order valence-corrected chi connectivity index (χ3v) is 8.50. The molecule has 1 nitrogen and oxygen atoms in total. The van der Waals surface area contributed by atoms with Gasteiger partial charge in [0.25, 0.3) is 0 Å². The fourth-order valence-corrected chi connectivity index (χ4v) is 6.03. The van der Waals surface area contributed by atoms with E-state index in [2.05, 4.69) is 42.2 Å². The quantitative estimate of drug-likeness (QED) is 0.444. The second kappa shape index (κ2) is 6.84. The molecule has 1 heterocycles. The molecule has 122 valence electrons. The maximum atomic E-state index is 6.20. The van der Waals surface area contributed by atoms with E-state index in [1.165, 1.54) is 10.6 Å². The summed E-state index contributed by atoms with van der Waals surface area (Å²) in [6.07, 6.45) is 2.03. The Hall–Kier alpha value is -2.41. The second-order valence-corrected chi connectivity index (χ2v) is 10.2. The average molecular weight is 360 g/mol. The molecule has 0 N–H and O–H groups in total. The summed E-state index contributed by atoms with van der Waals surface area (Å²) < 4.78 is 5.92. The minimum atomic E-state index is -2.04. The van der Waals surface area contributed by atoms with Crippen molar-refractivity contribution < 1.29 is 4.42 Å². The predicted octanol–water partition coefficient (Wildman–Crippen LogP) is 5.53. The molecule has 0 unspecified atom stereocenters. The number of rotatable bonds is 4. The van der Waals surface area contributed by atoms with Gasteiger partial charge in [0, 0.05) is 11.4 Å². The lowest BCUT2D eigenvalue weighted by molar-refractivity contribution is 0.604. The SMILES string of the molecule is S=P(/C=C/c1cc2ccccc2o1)(c1ccccc1)c1ccccc1.